The Balaban J connectivity index is 2.41. The second-order valence-corrected chi connectivity index (χ2v) is 2.63. The normalized spacial score (nSPS) is 29.9. The van der Waals surface area contributed by atoms with Crippen LogP contribution in [-0.4, -0.2) is 25.7 Å². The lowest BCUT2D eigenvalue weighted by Crippen LogP contribution is -2.23. The summed E-state index contributed by atoms with van der Waals surface area (Å²) in [5.41, 5.74) is 0. The fourth-order valence-corrected chi connectivity index (χ4v) is 1.18. The van der Waals surface area contributed by atoms with Crippen molar-refractivity contribution in [2.75, 3.05) is 13.7 Å². The van der Waals surface area contributed by atoms with Crippen LogP contribution in [0.25, 0.3) is 0 Å². The molecular formula is C7H12N2O2. The lowest BCUT2D eigenvalue weighted by Gasteiger charge is -2.10. The van der Waals surface area contributed by atoms with Crippen LogP contribution in [0.3, 0.4) is 0 Å². The van der Waals surface area contributed by atoms with Crippen LogP contribution in [0, 0.1) is 4.91 Å². The Morgan fingerprint density at radius 1 is 1.82 bits per heavy atom. The van der Waals surface area contributed by atoms with Gasteiger partial charge in [0.25, 0.3) is 0 Å². The molecule has 1 saturated heterocycles. The largest absolute Gasteiger partial charge is 0.500 e. The van der Waals surface area contributed by atoms with Gasteiger partial charge in [0.15, 0.2) is 0 Å². The second-order valence-electron chi connectivity index (χ2n) is 2.63. The van der Waals surface area contributed by atoms with E-state index in [9.17, 15) is 4.91 Å². The number of ether oxygens (including phenoxy) is 1. The Morgan fingerprint density at radius 3 is 3.00 bits per heavy atom. The van der Waals surface area contributed by atoms with Crippen molar-refractivity contribution in [3.8, 4) is 0 Å². The molecule has 1 aliphatic rings. The van der Waals surface area contributed by atoms with E-state index in [0.717, 1.165) is 0 Å². The molecule has 0 amide bonds. The SMILES string of the molecule is C=C(OC)[C@@H]1C[C@H](N=O)CN1. The molecule has 62 valence electrons. The number of hydrogen-bond acceptors (Lipinski definition) is 4. The van der Waals surface area contributed by atoms with Crippen molar-refractivity contribution in [1.82, 2.24) is 5.32 Å². The molecule has 1 rings (SSSR count). The zero-order chi connectivity index (χ0) is 8.27. The van der Waals surface area contributed by atoms with Gasteiger partial charge in [0.2, 0.25) is 0 Å². The molecular weight excluding hydrogens is 144 g/mol. The first-order valence-electron chi connectivity index (χ1n) is 3.56. The summed E-state index contributed by atoms with van der Waals surface area (Å²) in [4.78, 5) is 10.1. The fraction of sp³-hybridized carbons (Fsp3) is 0.714. The average molecular weight is 156 g/mol. The van der Waals surface area contributed by atoms with Crippen molar-refractivity contribution in [2.24, 2.45) is 5.18 Å². The number of hydrogen-bond donors (Lipinski definition) is 1. The zero-order valence-corrected chi connectivity index (χ0v) is 6.54. The predicted octanol–water partition coefficient (Wildman–Crippen LogP) is 0.643. The molecule has 0 spiro atoms. The molecule has 11 heavy (non-hydrogen) atoms. The standard InChI is InChI=1S/C7H12N2O2/c1-5(11-2)7-3-6(9-10)4-8-7/h6-8H,1,3-4H2,2H3/t6-,7-/m0/s1. The van der Waals surface area contributed by atoms with Gasteiger partial charge in [-0.15, -0.1) is 0 Å². The van der Waals surface area contributed by atoms with Crippen molar-refractivity contribution < 1.29 is 4.74 Å². The molecule has 0 radical (unpaired) electrons. The topological polar surface area (TPSA) is 50.7 Å². The summed E-state index contributed by atoms with van der Waals surface area (Å²) >= 11 is 0. The van der Waals surface area contributed by atoms with Gasteiger partial charge in [-0.2, -0.15) is 4.91 Å². The summed E-state index contributed by atoms with van der Waals surface area (Å²) < 4.78 is 4.93. The van der Waals surface area contributed by atoms with E-state index in [1.807, 2.05) is 0 Å². The third-order valence-electron chi connectivity index (χ3n) is 1.91. The van der Waals surface area contributed by atoms with Crippen molar-refractivity contribution in [1.29, 1.82) is 0 Å². The highest BCUT2D eigenvalue weighted by molar-refractivity contribution is 5.03. The van der Waals surface area contributed by atoms with E-state index in [2.05, 4.69) is 17.1 Å². The summed E-state index contributed by atoms with van der Waals surface area (Å²) in [5, 5.41) is 6.04. The first kappa shape index (κ1) is 8.20. The van der Waals surface area contributed by atoms with Crippen molar-refractivity contribution in [3.05, 3.63) is 17.2 Å². The highest BCUT2D eigenvalue weighted by Gasteiger charge is 2.26. The third kappa shape index (κ3) is 1.77. The minimum Gasteiger partial charge on any atom is -0.500 e. The second kappa shape index (κ2) is 3.48. The average Bonchev–Trinajstić information content (AvgIpc) is 2.50. The molecule has 0 aliphatic carbocycles. The van der Waals surface area contributed by atoms with Crippen LogP contribution in [0.2, 0.25) is 0 Å². The van der Waals surface area contributed by atoms with Gasteiger partial charge in [0, 0.05) is 6.54 Å². The molecule has 0 bridgehead atoms. The van der Waals surface area contributed by atoms with Gasteiger partial charge in [0.05, 0.1) is 13.2 Å². The maximum Gasteiger partial charge on any atom is 0.106 e. The molecule has 1 N–H and O–H groups in total. The van der Waals surface area contributed by atoms with Gasteiger partial charge in [-0.1, -0.05) is 11.8 Å². The van der Waals surface area contributed by atoms with E-state index in [1.54, 1.807) is 7.11 Å². The maximum absolute atomic E-state index is 10.1. The number of nitrogens with zero attached hydrogens (tertiary/aromatic N) is 1. The third-order valence-corrected chi connectivity index (χ3v) is 1.91. The minimum absolute atomic E-state index is 0.0997. The van der Waals surface area contributed by atoms with E-state index < -0.39 is 0 Å². The molecule has 4 heteroatoms. The smallest absolute Gasteiger partial charge is 0.106 e. The summed E-state index contributed by atoms with van der Waals surface area (Å²) in [7, 11) is 1.58. The van der Waals surface area contributed by atoms with Gasteiger partial charge in [-0.3, -0.25) is 0 Å². The number of rotatable bonds is 3. The van der Waals surface area contributed by atoms with Crippen LogP contribution < -0.4 is 5.32 Å². The Bertz CT molecular complexity index is 170. The summed E-state index contributed by atoms with van der Waals surface area (Å²) in [6.45, 7) is 4.33. The Hall–Kier alpha value is -0.900. The van der Waals surface area contributed by atoms with E-state index in [4.69, 9.17) is 4.74 Å². The molecule has 1 aliphatic heterocycles. The Labute approximate surface area is 65.6 Å². The highest BCUT2D eigenvalue weighted by Crippen LogP contribution is 2.15. The lowest BCUT2D eigenvalue weighted by atomic mass is 10.1. The molecule has 0 aromatic heterocycles. The molecule has 2 atom stereocenters. The Morgan fingerprint density at radius 2 is 2.55 bits per heavy atom. The van der Waals surface area contributed by atoms with Gasteiger partial charge < -0.3 is 10.1 Å². The number of nitrogens with one attached hydrogen (secondary N) is 1. The maximum atomic E-state index is 10.1. The molecule has 1 heterocycles. The van der Waals surface area contributed by atoms with Crippen LogP contribution in [0.1, 0.15) is 6.42 Å². The van der Waals surface area contributed by atoms with Gasteiger partial charge in [0.1, 0.15) is 11.8 Å². The summed E-state index contributed by atoms with van der Waals surface area (Å²) in [6.07, 6.45) is 0.705. The van der Waals surface area contributed by atoms with E-state index in [1.165, 1.54) is 0 Å². The fourth-order valence-electron chi connectivity index (χ4n) is 1.18. The highest BCUT2D eigenvalue weighted by atomic mass is 16.5. The zero-order valence-electron chi connectivity index (χ0n) is 6.54. The van der Waals surface area contributed by atoms with Crippen molar-refractivity contribution >= 4 is 0 Å². The van der Waals surface area contributed by atoms with Gasteiger partial charge in [-0.25, -0.2) is 0 Å². The predicted molar refractivity (Wildman–Crippen MR) is 42.1 cm³/mol. The first-order chi connectivity index (χ1) is 5.27. The van der Waals surface area contributed by atoms with Crippen LogP contribution >= 0.6 is 0 Å². The summed E-state index contributed by atoms with van der Waals surface area (Å²) in [6, 6.07) is -0.0189. The summed E-state index contributed by atoms with van der Waals surface area (Å²) in [5.74, 6) is 0.677. The van der Waals surface area contributed by atoms with Crippen molar-refractivity contribution in [3.63, 3.8) is 0 Å². The minimum atomic E-state index is -0.119. The molecule has 4 nitrogen and oxygen atoms in total. The molecule has 0 unspecified atom stereocenters. The first-order valence-corrected chi connectivity index (χ1v) is 3.56. The van der Waals surface area contributed by atoms with Gasteiger partial charge >= 0.3 is 0 Å². The van der Waals surface area contributed by atoms with E-state index >= 15 is 0 Å². The molecule has 0 aromatic rings. The molecule has 0 saturated carbocycles. The van der Waals surface area contributed by atoms with Crippen LogP contribution in [0.15, 0.2) is 17.5 Å². The van der Waals surface area contributed by atoms with Gasteiger partial charge in [-0.05, 0) is 6.42 Å². The van der Waals surface area contributed by atoms with Crippen molar-refractivity contribution in [2.45, 2.75) is 18.5 Å². The molecule has 1 fully saturated rings. The number of nitroso groups, excluding NO2 is 1. The van der Waals surface area contributed by atoms with E-state index in [-0.39, 0.29) is 12.1 Å². The van der Waals surface area contributed by atoms with Crippen LogP contribution in [0.4, 0.5) is 0 Å². The molecule has 0 aromatic carbocycles. The Kier molecular flexibility index (Phi) is 2.59. The monoisotopic (exact) mass is 156 g/mol. The van der Waals surface area contributed by atoms with Crippen LogP contribution in [0.5, 0.6) is 0 Å². The quantitative estimate of drug-likeness (QED) is 0.482. The van der Waals surface area contributed by atoms with Crippen LogP contribution in [-0.2, 0) is 4.74 Å². The number of methoxy groups -OCH3 is 1. The lowest BCUT2D eigenvalue weighted by molar-refractivity contribution is 0.259. The van der Waals surface area contributed by atoms with E-state index in [0.29, 0.717) is 18.7 Å².